The van der Waals surface area contributed by atoms with Crippen molar-refractivity contribution in [3.63, 3.8) is 0 Å². The molecular weight excluding hydrogens is 605 g/mol. The maximum atomic E-state index is 14.3. The van der Waals surface area contributed by atoms with Gasteiger partial charge in [-0.2, -0.15) is 0 Å². The number of aliphatic hydroxyl groups is 1. The predicted molar refractivity (Wildman–Crippen MR) is 181 cm³/mol. The van der Waals surface area contributed by atoms with Crippen LogP contribution >= 0.6 is 0 Å². The molecule has 1 aliphatic rings. The number of hydrogen-bond acceptors (Lipinski definition) is 7. The lowest BCUT2D eigenvalue weighted by Gasteiger charge is -2.35. The van der Waals surface area contributed by atoms with Gasteiger partial charge in [0.15, 0.2) is 0 Å². The van der Waals surface area contributed by atoms with Gasteiger partial charge >= 0.3 is 6.03 Å². The van der Waals surface area contributed by atoms with Crippen LogP contribution in [0.1, 0.15) is 63.2 Å². The Labute approximate surface area is 278 Å². The highest BCUT2D eigenvalue weighted by Gasteiger charge is 2.31. The van der Waals surface area contributed by atoms with Crippen LogP contribution in [0.3, 0.4) is 0 Å². The van der Waals surface area contributed by atoms with Crippen LogP contribution in [0, 0.1) is 11.7 Å². The first kappa shape index (κ1) is 37.7. The Balaban J connectivity index is 1.86. The summed E-state index contributed by atoms with van der Waals surface area (Å²) in [5, 5.41) is 15.9. The van der Waals surface area contributed by atoms with Crippen molar-refractivity contribution in [2.24, 2.45) is 5.92 Å². The van der Waals surface area contributed by atoms with Gasteiger partial charge in [-0.3, -0.25) is 9.59 Å². The van der Waals surface area contributed by atoms with E-state index in [0.717, 1.165) is 25.8 Å². The summed E-state index contributed by atoms with van der Waals surface area (Å²) in [4.78, 5) is 45.1. The molecule has 4 amide bonds. The number of amides is 4. The van der Waals surface area contributed by atoms with Gasteiger partial charge in [0.25, 0.3) is 5.91 Å². The number of rotatable bonds is 10. The van der Waals surface area contributed by atoms with Crippen LogP contribution < -0.4 is 15.4 Å². The van der Waals surface area contributed by atoms with Crippen LogP contribution in [0.4, 0.5) is 20.6 Å². The second-order valence-corrected chi connectivity index (χ2v) is 12.8. The first-order valence-electron chi connectivity index (χ1n) is 16.4. The van der Waals surface area contributed by atoms with Crippen molar-refractivity contribution in [1.82, 2.24) is 14.7 Å². The lowest BCUT2D eigenvalue weighted by molar-refractivity contribution is -0.116. The number of halogens is 1. The molecule has 0 bridgehead atoms. The molecule has 3 rings (SSSR count). The maximum Gasteiger partial charge on any atom is 0.321 e. The predicted octanol–water partition coefficient (Wildman–Crippen LogP) is 5.07. The van der Waals surface area contributed by atoms with E-state index in [1.165, 1.54) is 29.2 Å². The van der Waals surface area contributed by atoms with E-state index in [2.05, 4.69) is 10.6 Å². The van der Waals surface area contributed by atoms with Gasteiger partial charge in [-0.1, -0.05) is 6.92 Å². The monoisotopic (exact) mass is 657 g/mol. The Morgan fingerprint density at radius 1 is 1.06 bits per heavy atom. The van der Waals surface area contributed by atoms with Crippen molar-refractivity contribution in [3.8, 4) is 5.75 Å². The van der Waals surface area contributed by atoms with Crippen LogP contribution in [0.25, 0.3) is 0 Å². The minimum Gasteiger partial charge on any atom is -0.490 e. The highest BCUT2D eigenvalue weighted by molar-refractivity contribution is 5.99. The number of ether oxygens (including phenoxy) is 2. The summed E-state index contributed by atoms with van der Waals surface area (Å²) in [7, 11) is 5.57. The van der Waals surface area contributed by atoms with Gasteiger partial charge in [-0.05, 0) is 103 Å². The Hall–Kier alpha value is -3.74. The molecule has 0 unspecified atom stereocenters. The van der Waals surface area contributed by atoms with Crippen molar-refractivity contribution in [2.45, 2.75) is 71.1 Å². The molecule has 0 spiro atoms. The molecule has 0 aliphatic carbocycles. The minimum atomic E-state index is -0.535. The number of hydrogen-bond donors (Lipinski definition) is 3. The largest absolute Gasteiger partial charge is 0.490 e. The highest BCUT2D eigenvalue weighted by Crippen LogP contribution is 2.28. The van der Waals surface area contributed by atoms with Gasteiger partial charge in [0.2, 0.25) is 5.91 Å². The maximum absolute atomic E-state index is 14.3. The molecule has 0 saturated carbocycles. The third-order valence-electron chi connectivity index (χ3n) is 8.24. The molecule has 0 aromatic heterocycles. The van der Waals surface area contributed by atoms with Crippen molar-refractivity contribution >= 4 is 29.2 Å². The third kappa shape index (κ3) is 12.1. The summed E-state index contributed by atoms with van der Waals surface area (Å²) in [6.07, 6.45) is 2.79. The molecular formula is C35H52FN5O6. The van der Waals surface area contributed by atoms with Gasteiger partial charge in [0.05, 0.1) is 30.4 Å². The molecule has 11 nitrogen and oxygen atoms in total. The molecule has 0 saturated heterocycles. The van der Waals surface area contributed by atoms with E-state index in [1.807, 2.05) is 32.8 Å². The summed E-state index contributed by atoms with van der Waals surface area (Å²) in [6.45, 7) is 7.13. The number of carbonyl (C=O) groups is 3. The van der Waals surface area contributed by atoms with E-state index in [0.29, 0.717) is 42.1 Å². The Kier molecular flexibility index (Phi) is 14.9. The van der Waals surface area contributed by atoms with E-state index in [9.17, 15) is 23.9 Å². The molecule has 260 valence electrons. The van der Waals surface area contributed by atoms with Gasteiger partial charge in [0.1, 0.15) is 11.6 Å². The summed E-state index contributed by atoms with van der Waals surface area (Å²) in [5.74, 6) is -0.703. The second-order valence-electron chi connectivity index (χ2n) is 12.8. The fourth-order valence-corrected chi connectivity index (χ4v) is 5.35. The number of nitrogens with one attached hydrogen (secondary N) is 2. The van der Waals surface area contributed by atoms with Crippen molar-refractivity contribution in [3.05, 3.63) is 53.8 Å². The fraction of sp³-hybridized carbons (Fsp3) is 0.571. The van der Waals surface area contributed by atoms with Crippen molar-refractivity contribution in [2.75, 3.05) is 64.6 Å². The molecule has 1 heterocycles. The number of anilines is 2. The van der Waals surface area contributed by atoms with Gasteiger partial charge in [0, 0.05) is 50.5 Å². The molecule has 3 N–H and O–H groups in total. The Morgan fingerprint density at radius 2 is 1.77 bits per heavy atom. The van der Waals surface area contributed by atoms with Crippen LogP contribution in [0.15, 0.2) is 42.5 Å². The Morgan fingerprint density at radius 3 is 2.45 bits per heavy atom. The number of benzene rings is 2. The average Bonchev–Trinajstić information content (AvgIpc) is 3.03. The Bertz CT molecular complexity index is 1310. The zero-order valence-electron chi connectivity index (χ0n) is 28.6. The number of carbonyl (C=O) groups excluding carboxylic acids is 3. The minimum absolute atomic E-state index is 0.142. The number of nitrogens with zero attached hydrogens (tertiary/aromatic N) is 3. The molecule has 0 radical (unpaired) electrons. The van der Waals surface area contributed by atoms with Crippen LogP contribution in [0.5, 0.6) is 5.75 Å². The second kappa shape index (κ2) is 18.6. The third-order valence-corrected chi connectivity index (χ3v) is 8.24. The van der Waals surface area contributed by atoms with E-state index >= 15 is 0 Å². The zero-order chi connectivity index (χ0) is 34.5. The van der Waals surface area contributed by atoms with Crippen LogP contribution in [0.2, 0.25) is 0 Å². The van der Waals surface area contributed by atoms with E-state index in [4.69, 9.17) is 9.47 Å². The fourth-order valence-electron chi connectivity index (χ4n) is 5.35. The molecule has 0 fully saturated rings. The lowest BCUT2D eigenvalue weighted by Crippen LogP contribution is -2.48. The lowest BCUT2D eigenvalue weighted by atomic mass is 10.0. The van der Waals surface area contributed by atoms with Gasteiger partial charge in [-0.15, -0.1) is 0 Å². The SMILES string of the molecule is C[C@@H]1CCCCO[C@@H](CN(C)C(=O)Nc2ccc(F)cc2)[C@@H](C)CN([C@@H](C)CO)C(=O)c2cc(NC(=O)CCCN(C)C)ccc2O1. The first-order valence-corrected chi connectivity index (χ1v) is 16.4. The summed E-state index contributed by atoms with van der Waals surface area (Å²) in [6, 6.07) is 9.73. The molecule has 1 aliphatic heterocycles. The average molecular weight is 658 g/mol. The highest BCUT2D eigenvalue weighted by atomic mass is 19.1. The van der Waals surface area contributed by atoms with Gasteiger partial charge < -0.3 is 39.9 Å². The van der Waals surface area contributed by atoms with Crippen LogP contribution in [-0.2, 0) is 9.53 Å². The first-order chi connectivity index (χ1) is 22.4. The normalized spacial score (nSPS) is 20.1. The van der Waals surface area contributed by atoms with E-state index < -0.39 is 18.0 Å². The van der Waals surface area contributed by atoms with E-state index in [-0.39, 0.29) is 49.6 Å². The zero-order valence-corrected chi connectivity index (χ0v) is 28.6. The summed E-state index contributed by atoms with van der Waals surface area (Å²) in [5.41, 5.74) is 1.25. The molecule has 12 heteroatoms. The van der Waals surface area contributed by atoms with Crippen molar-refractivity contribution in [1.29, 1.82) is 0 Å². The van der Waals surface area contributed by atoms with E-state index in [1.54, 1.807) is 37.1 Å². The number of aliphatic hydroxyl groups excluding tert-OH is 1. The summed E-state index contributed by atoms with van der Waals surface area (Å²) < 4.78 is 25.9. The standard InChI is InChI=1S/C35H52FN5O6/c1-24-21-41(25(2)23-42)34(44)30-20-29(37-33(43)11-9-18-39(4)5)16-17-31(30)47-26(3)10-7-8-19-46-32(24)22-40(6)35(45)38-28-14-12-27(36)13-15-28/h12-17,20,24-26,32,42H,7-11,18-19,21-23H2,1-6H3,(H,37,43)(H,38,45)/t24-,25-,26+,32-/m0/s1. The topological polar surface area (TPSA) is 124 Å². The summed E-state index contributed by atoms with van der Waals surface area (Å²) >= 11 is 0. The molecule has 47 heavy (non-hydrogen) atoms. The number of likely N-dealkylation sites (N-methyl/N-ethyl adjacent to an activating group) is 1. The number of urea groups is 1. The number of fused-ring (bicyclic) bond motifs is 1. The smallest absolute Gasteiger partial charge is 0.321 e. The molecule has 2 aromatic rings. The molecule has 2 aromatic carbocycles. The van der Waals surface area contributed by atoms with Crippen molar-refractivity contribution < 1.29 is 33.4 Å². The quantitative estimate of drug-likeness (QED) is 0.326. The van der Waals surface area contributed by atoms with Gasteiger partial charge in [-0.25, -0.2) is 9.18 Å². The molecule has 4 atom stereocenters. The van der Waals surface area contributed by atoms with Crippen LogP contribution in [-0.4, -0.2) is 110 Å².